The second-order valence-electron chi connectivity index (χ2n) is 5.26. The number of carbonyl (C=O) groups excluding carboxylic acids is 1. The lowest BCUT2D eigenvalue weighted by molar-refractivity contribution is -0.0212. The van der Waals surface area contributed by atoms with Crippen LogP contribution in [-0.4, -0.2) is 23.3 Å². The summed E-state index contributed by atoms with van der Waals surface area (Å²) in [4.78, 5) is 11.9. The van der Waals surface area contributed by atoms with Gasteiger partial charge in [-0.15, -0.1) is 0 Å². The van der Waals surface area contributed by atoms with E-state index in [0.29, 0.717) is 11.3 Å². The molecule has 21 heavy (non-hydrogen) atoms. The van der Waals surface area contributed by atoms with E-state index in [-0.39, 0.29) is 19.2 Å². The number of hydrogen-bond acceptors (Lipinski definition) is 5. The smallest absolute Gasteiger partial charge is 0.339 e. The lowest BCUT2D eigenvalue weighted by atomic mass is 10.1. The van der Waals surface area contributed by atoms with Gasteiger partial charge >= 0.3 is 5.97 Å². The minimum absolute atomic E-state index is 0.0340. The van der Waals surface area contributed by atoms with Crippen LogP contribution in [0.1, 0.15) is 29.8 Å². The fraction of sp³-hybridized carbons (Fsp3) is 0.312. The van der Waals surface area contributed by atoms with Crippen molar-refractivity contribution < 1.29 is 19.4 Å². The molecule has 1 N–H and O–H groups in total. The Morgan fingerprint density at radius 2 is 2.14 bits per heavy atom. The van der Waals surface area contributed by atoms with Crippen LogP contribution in [0.2, 0.25) is 0 Å². The number of thiophene rings is 1. The van der Waals surface area contributed by atoms with Crippen molar-refractivity contribution in [2.24, 2.45) is 0 Å². The average molecular weight is 306 g/mol. The Morgan fingerprint density at radius 1 is 1.33 bits per heavy atom. The molecule has 0 atom stereocenters. The second kappa shape index (κ2) is 6.74. The summed E-state index contributed by atoms with van der Waals surface area (Å²) in [5.41, 5.74) is 0.588. The molecule has 2 aromatic rings. The summed E-state index contributed by atoms with van der Waals surface area (Å²) in [5, 5.41) is 12.7. The molecule has 4 nitrogen and oxygen atoms in total. The number of hydrogen-bond donors (Lipinski definition) is 1. The van der Waals surface area contributed by atoms with Gasteiger partial charge < -0.3 is 14.6 Å². The van der Waals surface area contributed by atoms with E-state index in [4.69, 9.17) is 14.6 Å². The van der Waals surface area contributed by atoms with Gasteiger partial charge in [0.05, 0.1) is 12.2 Å². The highest BCUT2D eigenvalue weighted by Gasteiger charge is 2.25. The Hall–Kier alpha value is -1.85. The molecular weight excluding hydrogens is 288 g/mol. The van der Waals surface area contributed by atoms with Crippen molar-refractivity contribution in [1.29, 1.82) is 0 Å². The van der Waals surface area contributed by atoms with Gasteiger partial charge in [0.2, 0.25) is 0 Å². The van der Waals surface area contributed by atoms with E-state index in [1.165, 1.54) is 11.3 Å². The van der Waals surface area contributed by atoms with Crippen LogP contribution in [0.25, 0.3) is 0 Å². The summed E-state index contributed by atoms with van der Waals surface area (Å²) in [7, 11) is 0. The molecule has 0 saturated carbocycles. The van der Waals surface area contributed by atoms with Crippen molar-refractivity contribution in [3.05, 3.63) is 52.2 Å². The molecule has 0 spiro atoms. The summed E-state index contributed by atoms with van der Waals surface area (Å²) < 4.78 is 11.1. The first-order valence-electron chi connectivity index (χ1n) is 6.58. The first-order valence-corrected chi connectivity index (χ1v) is 7.52. The van der Waals surface area contributed by atoms with Crippen molar-refractivity contribution in [2.75, 3.05) is 6.61 Å². The molecule has 0 aliphatic rings. The quantitative estimate of drug-likeness (QED) is 0.832. The van der Waals surface area contributed by atoms with Gasteiger partial charge in [-0.05, 0) is 43.0 Å². The van der Waals surface area contributed by atoms with Crippen LogP contribution >= 0.6 is 11.3 Å². The number of rotatable bonds is 6. The van der Waals surface area contributed by atoms with Crippen LogP contribution in [0.5, 0.6) is 5.75 Å². The number of aliphatic hydroxyl groups is 1. The molecule has 1 aromatic heterocycles. The molecule has 0 unspecified atom stereocenters. The number of ether oxygens (including phenoxy) is 2. The standard InChI is InChI=1S/C16H18O4S/c1-16(2,20-15(18)13-6-7-21-10-13)11-19-14-5-3-4-12(8-14)9-17/h3-8,10,17H,9,11H2,1-2H3. The third-order valence-corrected chi connectivity index (χ3v) is 3.48. The Kier molecular flexibility index (Phi) is 4.98. The maximum Gasteiger partial charge on any atom is 0.339 e. The van der Waals surface area contributed by atoms with Crippen LogP contribution in [0.4, 0.5) is 0 Å². The summed E-state index contributed by atoms with van der Waals surface area (Å²) in [6, 6.07) is 8.92. The maximum atomic E-state index is 11.9. The highest BCUT2D eigenvalue weighted by atomic mass is 32.1. The van der Waals surface area contributed by atoms with Gasteiger partial charge in [0.25, 0.3) is 0 Å². The minimum atomic E-state index is -0.742. The third kappa shape index (κ3) is 4.58. The number of aliphatic hydroxyl groups excluding tert-OH is 1. The van der Waals surface area contributed by atoms with E-state index in [2.05, 4.69) is 0 Å². The fourth-order valence-electron chi connectivity index (χ4n) is 1.71. The van der Waals surface area contributed by atoms with E-state index in [1.807, 2.05) is 17.5 Å². The first-order chi connectivity index (χ1) is 10.00. The van der Waals surface area contributed by atoms with Crippen molar-refractivity contribution in [2.45, 2.75) is 26.1 Å². The predicted octanol–water partition coefficient (Wildman–Crippen LogP) is 3.25. The van der Waals surface area contributed by atoms with Crippen molar-refractivity contribution in [3.63, 3.8) is 0 Å². The van der Waals surface area contributed by atoms with E-state index in [0.717, 1.165) is 5.56 Å². The van der Waals surface area contributed by atoms with Crippen LogP contribution in [0, 0.1) is 0 Å². The van der Waals surface area contributed by atoms with Crippen molar-refractivity contribution in [3.8, 4) is 5.75 Å². The highest BCUT2D eigenvalue weighted by molar-refractivity contribution is 7.08. The average Bonchev–Trinajstić information content (AvgIpc) is 2.99. The first kappa shape index (κ1) is 15.5. The van der Waals surface area contributed by atoms with Crippen LogP contribution < -0.4 is 4.74 Å². The Morgan fingerprint density at radius 3 is 2.81 bits per heavy atom. The lowest BCUT2D eigenvalue weighted by Gasteiger charge is -2.25. The molecule has 5 heteroatoms. The topological polar surface area (TPSA) is 55.8 Å². The molecule has 112 valence electrons. The molecular formula is C16H18O4S. The third-order valence-electron chi connectivity index (χ3n) is 2.79. The Labute approximate surface area is 128 Å². The second-order valence-corrected chi connectivity index (χ2v) is 6.04. The number of carbonyl (C=O) groups is 1. The number of benzene rings is 1. The van der Waals surface area contributed by atoms with Gasteiger partial charge in [0, 0.05) is 5.38 Å². The Bertz CT molecular complexity index is 590. The molecule has 1 heterocycles. The van der Waals surface area contributed by atoms with E-state index < -0.39 is 5.60 Å². The Balaban J connectivity index is 1.92. The van der Waals surface area contributed by atoms with E-state index >= 15 is 0 Å². The molecule has 0 radical (unpaired) electrons. The normalized spacial score (nSPS) is 11.2. The van der Waals surface area contributed by atoms with Gasteiger partial charge in [-0.25, -0.2) is 4.79 Å². The largest absolute Gasteiger partial charge is 0.489 e. The molecule has 0 aliphatic heterocycles. The molecule has 0 fully saturated rings. The molecule has 0 amide bonds. The molecule has 1 aromatic carbocycles. The zero-order chi connectivity index (χ0) is 15.3. The van der Waals surface area contributed by atoms with Gasteiger partial charge in [-0.3, -0.25) is 0 Å². The maximum absolute atomic E-state index is 11.9. The molecule has 0 bridgehead atoms. The monoisotopic (exact) mass is 306 g/mol. The minimum Gasteiger partial charge on any atom is -0.489 e. The van der Waals surface area contributed by atoms with Crippen LogP contribution in [-0.2, 0) is 11.3 Å². The zero-order valence-corrected chi connectivity index (χ0v) is 12.9. The summed E-state index contributed by atoms with van der Waals surface area (Å²) in [6.07, 6.45) is 0. The van der Waals surface area contributed by atoms with Crippen molar-refractivity contribution >= 4 is 17.3 Å². The lowest BCUT2D eigenvalue weighted by Crippen LogP contribution is -2.34. The summed E-state index contributed by atoms with van der Waals surface area (Å²) in [6.45, 7) is 3.80. The van der Waals surface area contributed by atoms with Gasteiger partial charge in [-0.2, -0.15) is 11.3 Å². The van der Waals surface area contributed by atoms with Crippen LogP contribution in [0.3, 0.4) is 0 Å². The van der Waals surface area contributed by atoms with Gasteiger partial charge in [0.1, 0.15) is 18.0 Å². The highest BCUT2D eigenvalue weighted by Crippen LogP contribution is 2.19. The zero-order valence-electron chi connectivity index (χ0n) is 12.0. The SMILES string of the molecule is CC(C)(COc1cccc(CO)c1)OC(=O)c1ccsc1. The van der Waals surface area contributed by atoms with Gasteiger partial charge in [-0.1, -0.05) is 12.1 Å². The fourth-order valence-corrected chi connectivity index (χ4v) is 2.34. The van der Waals surface area contributed by atoms with Gasteiger partial charge in [0.15, 0.2) is 0 Å². The molecule has 2 rings (SSSR count). The molecule has 0 saturated heterocycles. The summed E-state index contributed by atoms with van der Waals surface area (Å²) >= 11 is 1.45. The summed E-state index contributed by atoms with van der Waals surface area (Å²) in [5.74, 6) is 0.287. The number of esters is 1. The van der Waals surface area contributed by atoms with E-state index in [1.54, 1.807) is 37.4 Å². The van der Waals surface area contributed by atoms with E-state index in [9.17, 15) is 4.79 Å². The molecule has 0 aliphatic carbocycles. The predicted molar refractivity (Wildman–Crippen MR) is 81.7 cm³/mol. The van der Waals surface area contributed by atoms with Crippen molar-refractivity contribution in [1.82, 2.24) is 0 Å². The van der Waals surface area contributed by atoms with Crippen LogP contribution in [0.15, 0.2) is 41.1 Å².